The molecule has 0 bridgehead atoms. The van der Waals surface area contributed by atoms with Crippen LogP contribution in [0.3, 0.4) is 0 Å². The lowest BCUT2D eigenvalue weighted by atomic mass is 10.1. The second-order valence-electron chi connectivity index (χ2n) is 6.44. The van der Waals surface area contributed by atoms with Gasteiger partial charge in [-0.3, -0.25) is 9.59 Å². The highest BCUT2D eigenvalue weighted by atomic mass is 16.5. The number of carbonyl (C=O) groups is 2. The highest BCUT2D eigenvalue weighted by Crippen LogP contribution is 2.21. The summed E-state index contributed by atoms with van der Waals surface area (Å²) in [6.07, 6.45) is 1.19. The van der Waals surface area contributed by atoms with Gasteiger partial charge in [-0.05, 0) is 49.2 Å². The van der Waals surface area contributed by atoms with Crippen LogP contribution >= 0.6 is 0 Å². The number of hydrogen-bond donors (Lipinski definition) is 2. The lowest BCUT2D eigenvalue weighted by Gasteiger charge is -2.11. The van der Waals surface area contributed by atoms with Crippen LogP contribution in [0.4, 0.5) is 11.4 Å². The van der Waals surface area contributed by atoms with Gasteiger partial charge in [0.25, 0.3) is 11.8 Å². The Morgan fingerprint density at radius 2 is 1.96 bits per heavy atom. The lowest BCUT2D eigenvalue weighted by molar-refractivity contribution is -0.124. The van der Waals surface area contributed by atoms with Crippen LogP contribution in [0.2, 0.25) is 0 Å². The van der Waals surface area contributed by atoms with Crippen LogP contribution in [-0.4, -0.2) is 29.5 Å². The Labute approximate surface area is 155 Å². The van der Waals surface area contributed by atoms with E-state index in [0.717, 1.165) is 12.8 Å². The van der Waals surface area contributed by atoms with E-state index in [1.54, 1.807) is 49.4 Å². The molecular formula is C20H19N3O4. The molecule has 4 rings (SSSR count). The van der Waals surface area contributed by atoms with Crippen LogP contribution in [-0.2, 0) is 9.53 Å². The molecule has 7 nitrogen and oxygen atoms in total. The van der Waals surface area contributed by atoms with Gasteiger partial charge in [0, 0.05) is 30.5 Å². The molecular weight excluding hydrogens is 346 g/mol. The minimum Gasteiger partial charge on any atom is -0.441 e. The van der Waals surface area contributed by atoms with Gasteiger partial charge in [-0.25, -0.2) is 4.98 Å². The Balaban J connectivity index is 1.46. The van der Waals surface area contributed by atoms with Crippen molar-refractivity contribution < 1.29 is 18.7 Å². The first-order valence-corrected chi connectivity index (χ1v) is 8.79. The van der Waals surface area contributed by atoms with Gasteiger partial charge in [0.05, 0.1) is 0 Å². The van der Waals surface area contributed by atoms with Gasteiger partial charge in [-0.15, -0.1) is 0 Å². The van der Waals surface area contributed by atoms with E-state index in [0.29, 0.717) is 40.5 Å². The number of hydrogen-bond acceptors (Lipinski definition) is 5. The fourth-order valence-corrected chi connectivity index (χ4v) is 3.07. The summed E-state index contributed by atoms with van der Waals surface area (Å²) < 4.78 is 10.8. The normalized spacial score (nSPS) is 16.4. The summed E-state index contributed by atoms with van der Waals surface area (Å²) >= 11 is 0. The molecule has 0 unspecified atom stereocenters. The van der Waals surface area contributed by atoms with E-state index in [1.165, 1.54) is 0 Å². The molecule has 2 heterocycles. The summed E-state index contributed by atoms with van der Waals surface area (Å²) in [4.78, 5) is 29.0. The van der Waals surface area contributed by atoms with Crippen molar-refractivity contribution in [3.05, 3.63) is 53.9 Å². The maximum atomic E-state index is 12.6. The van der Waals surface area contributed by atoms with Crippen LogP contribution in [0.15, 0.2) is 46.9 Å². The summed E-state index contributed by atoms with van der Waals surface area (Å²) in [5.41, 5.74) is 2.98. The summed E-state index contributed by atoms with van der Waals surface area (Å²) in [6, 6.07) is 12.1. The van der Waals surface area contributed by atoms with Crippen molar-refractivity contribution in [3.8, 4) is 0 Å². The van der Waals surface area contributed by atoms with E-state index in [1.807, 2.05) is 0 Å². The van der Waals surface area contributed by atoms with Crippen molar-refractivity contribution in [2.75, 3.05) is 17.2 Å². The van der Waals surface area contributed by atoms with Gasteiger partial charge < -0.3 is 19.8 Å². The number of nitrogens with zero attached hydrogens (tertiary/aromatic N) is 1. The molecule has 1 saturated heterocycles. The Bertz CT molecular complexity index is 1010. The number of oxazole rings is 1. The van der Waals surface area contributed by atoms with E-state index < -0.39 is 6.10 Å². The number of aryl methyl sites for hydroxylation is 1. The van der Waals surface area contributed by atoms with Crippen molar-refractivity contribution >= 4 is 34.3 Å². The summed E-state index contributed by atoms with van der Waals surface area (Å²) in [5, 5.41) is 5.64. The predicted molar refractivity (Wildman–Crippen MR) is 101 cm³/mol. The van der Waals surface area contributed by atoms with Crippen LogP contribution < -0.4 is 10.6 Å². The van der Waals surface area contributed by atoms with Crippen molar-refractivity contribution in [1.29, 1.82) is 0 Å². The zero-order valence-electron chi connectivity index (χ0n) is 14.8. The molecule has 0 aliphatic carbocycles. The zero-order chi connectivity index (χ0) is 18.8. The van der Waals surface area contributed by atoms with Crippen molar-refractivity contribution in [1.82, 2.24) is 4.98 Å². The SMILES string of the molecule is Cc1nc2cc(NC(=O)c3cccc(NC(=O)[C@H]4CCCO4)c3)ccc2o1. The average molecular weight is 365 g/mol. The number of carbonyl (C=O) groups excluding carboxylic acids is 2. The number of aromatic nitrogens is 1. The monoisotopic (exact) mass is 365 g/mol. The number of ether oxygens (including phenoxy) is 1. The molecule has 0 saturated carbocycles. The minimum absolute atomic E-state index is 0.183. The molecule has 1 aromatic heterocycles. The van der Waals surface area contributed by atoms with Crippen LogP contribution in [0.25, 0.3) is 11.1 Å². The number of benzene rings is 2. The second kappa shape index (κ2) is 7.20. The maximum Gasteiger partial charge on any atom is 0.255 e. The predicted octanol–water partition coefficient (Wildman–Crippen LogP) is 3.51. The molecule has 2 aromatic carbocycles. The topological polar surface area (TPSA) is 93.5 Å². The molecule has 7 heteroatoms. The Hall–Kier alpha value is -3.19. The molecule has 2 N–H and O–H groups in total. The second-order valence-corrected chi connectivity index (χ2v) is 6.44. The van der Waals surface area contributed by atoms with E-state index in [-0.39, 0.29) is 11.8 Å². The summed E-state index contributed by atoms with van der Waals surface area (Å²) in [5.74, 6) is 0.114. The van der Waals surface area contributed by atoms with Gasteiger partial charge >= 0.3 is 0 Å². The lowest BCUT2D eigenvalue weighted by Crippen LogP contribution is -2.27. The van der Waals surface area contributed by atoms with Gasteiger partial charge in [0.15, 0.2) is 11.5 Å². The number of amides is 2. The summed E-state index contributed by atoms with van der Waals surface area (Å²) in [6.45, 7) is 2.38. The maximum absolute atomic E-state index is 12.6. The zero-order valence-corrected chi connectivity index (χ0v) is 14.8. The average Bonchev–Trinajstić information content (AvgIpc) is 3.30. The van der Waals surface area contributed by atoms with Crippen LogP contribution in [0.1, 0.15) is 29.1 Å². The van der Waals surface area contributed by atoms with Gasteiger partial charge in [-0.1, -0.05) is 6.07 Å². The highest BCUT2D eigenvalue weighted by molar-refractivity contribution is 6.06. The Morgan fingerprint density at radius 1 is 1.11 bits per heavy atom. The first-order chi connectivity index (χ1) is 13.1. The van der Waals surface area contributed by atoms with Crippen LogP contribution in [0, 0.1) is 6.92 Å². The fraction of sp³-hybridized carbons (Fsp3) is 0.250. The molecule has 3 aromatic rings. The molecule has 138 valence electrons. The smallest absolute Gasteiger partial charge is 0.255 e. The Morgan fingerprint density at radius 3 is 2.78 bits per heavy atom. The minimum atomic E-state index is -0.417. The van der Waals surface area contributed by atoms with E-state index >= 15 is 0 Å². The van der Waals surface area contributed by atoms with E-state index in [2.05, 4.69) is 15.6 Å². The third-order valence-corrected chi connectivity index (χ3v) is 4.37. The first kappa shape index (κ1) is 17.2. The largest absolute Gasteiger partial charge is 0.441 e. The number of anilines is 2. The highest BCUT2D eigenvalue weighted by Gasteiger charge is 2.23. The molecule has 1 fully saturated rings. The third kappa shape index (κ3) is 3.83. The third-order valence-electron chi connectivity index (χ3n) is 4.37. The van der Waals surface area contributed by atoms with Gasteiger partial charge in [0.1, 0.15) is 11.6 Å². The van der Waals surface area contributed by atoms with Gasteiger partial charge in [-0.2, -0.15) is 0 Å². The molecule has 0 radical (unpaired) electrons. The van der Waals surface area contributed by atoms with Crippen molar-refractivity contribution in [2.24, 2.45) is 0 Å². The molecule has 1 atom stereocenters. The number of fused-ring (bicyclic) bond motifs is 1. The molecule has 2 amide bonds. The van der Waals surface area contributed by atoms with Crippen molar-refractivity contribution in [3.63, 3.8) is 0 Å². The Kier molecular flexibility index (Phi) is 4.60. The van der Waals surface area contributed by atoms with E-state index in [4.69, 9.17) is 9.15 Å². The summed E-state index contributed by atoms with van der Waals surface area (Å²) in [7, 11) is 0. The van der Waals surface area contributed by atoms with Crippen LogP contribution in [0.5, 0.6) is 0 Å². The van der Waals surface area contributed by atoms with Crippen molar-refractivity contribution in [2.45, 2.75) is 25.9 Å². The fourth-order valence-electron chi connectivity index (χ4n) is 3.07. The van der Waals surface area contributed by atoms with E-state index in [9.17, 15) is 9.59 Å². The molecule has 1 aliphatic rings. The molecule has 0 spiro atoms. The standard InChI is InChI=1S/C20H19N3O4/c1-12-21-16-11-15(7-8-17(16)27-12)22-19(24)13-4-2-5-14(10-13)23-20(25)18-6-3-9-26-18/h2,4-5,7-8,10-11,18H,3,6,9H2,1H3,(H,22,24)(H,23,25)/t18-/m1/s1. The first-order valence-electron chi connectivity index (χ1n) is 8.79. The van der Waals surface area contributed by atoms with Gasteiger partial charge in [0.2, 0.25) is 0 Å². The molecule has 27 heavy (non-hydrogen) atoms. The number of nitrogens with one attached hydrogen (secondary N) is 2. The quantitative estimate of drug-likeness (QED) is 0.738. The number of rotatable bonds is 4. The molecule has 1 aliphatic heterocycles.